The maximum atomic E-state index is 12.6. The quantitative estimate of drug-likeness (QED) is 0.474. The number of hydrogen-bond donors (Lipinski definition) is 1. The fourth-order valence-electron chi connectivity index (χ4n) is 3.01. The standard InChI is InChI=1S/C22H25ClN2O4S/c1-2-11-29-22(27)19-14-17(5-8-20(19)25-9-12-28-13-10-25)24-21(26)15-30-18-6-3-16(23)4-7-18/h3-8,14H,2,9-13,15H2,1H3,(H,24,26). The van der Waals surface area contributed by atoms with Crippen LogP contribution in [-0.4, -0.2) is 50.5 Å². The zero-order chi connectivity index (χ0) is 21.3. The van der Waals surface area contributed by atoms with E-state index in [1.807, 2.05) is 31.2 Å². The van der Waals surface area contributed by atoms with Gasteiger partial charge in [0.15, 0.2) is 0 Å². The highest BCUT2D eigenvalue weighted by atomic mass is 35.5. The highest BCUT2D eigenvalue weighted by Crippen LogP contribution is 2.27. The lowest BCUT2D eigenvalue weighted by molar-refractivity contribution is -0.113. The molecule has 8 heteroatoms. The normalized spacial score (nSPS) is 13.7. The van der Waals surface area contributed by atoms with Crippen LogP contribution in [0.2, 0.25) is 5.02 Å². The van der Waals surface area contributed by atoms with Gasteiger partial charge in [0.25, 0.3) is 0 Å². The number of nitrogens with zero attached hydrogens (tertiary/aromatic N) is 1. The smallest absolute Gasteiger partial charge is 0.340 e. The van der Waals surface area contributed by atoms with Crippen LogP contribution in [0.4, 0.5) is 11.4 Å². The van der Waals surface area contributed by atoms with Crippen molar-refractivity contribution in [2.24, 2.45) is 0 Å². The van der Waals surface area contributed by atoms with E-state index in [0.29, 0.717) is 49.2 Å². The van der Waals surface area contributed by atoms with E-state index in [1.165, 1.54) is 11.8 Å². The fraction of sp³-hybridized carbons (Fsp3) is 0.364. The van der Waals surface area contributed by atoms with Gasteiger partial charge in [-0.15, -0.1) is 11.8 Å². The van der Waals surface area contributed by atoms with Gasteiger partial charge < -0.3 is 19.7 Å². The molecule has 1 aliphatic rings. The number of halogens is 1. The first-order valence-electron chi connectivity index (χ1n) is 9.89. The van der Waals surface area contributed by atoms with Crippen molar-refractivity contribution in [2.75, 3.05) is 48.9 Å². The van der Waals surface area contributed by atoms with E-state index in [4.69, 9.17) is 21.1 Å². The van der Waals surface area contributed by atoms with Crippen molar-refractivity contribution >= 4 is 46.6 Å². The number of esters is 1. The molecule has 2 aromatic carbocycles. The first-order chi connectivity index (χ1) is 14.6. The SMILES string of the molecule is CCCOC(=O)c1cc(NC(=O)CSc2ccc(Cl)cc2)ccc1N1CCOCC1. The first kappa shape index (κ1) is 22.5. The van der Waals surface area contributed by atoms with E-state index >= 15 is 0 Å². The third kappa shape index (κ3) is 6.39. The molecular formula is C22H25ClN2O4S. The monoisotopic (exact) mass is 448 g/mol. The molecule has 1 saturated heterocycles. The summed E-state index contributed by atoms with van der Waals surface area (Å²) >= 11 is 7.31. The lowest BCUT2D eigenvalue weighted by Gasteiger charge is -2.30. The Morgan fingerprint density at radius 1 is 1.17 bits per heavy atom. The maximum Gasteiger partial charge on any atom is 0.340 e. The van der Waals surface area contributed by atoms with Gasteiger partial charge in [-0.05, 0) is 48.9 Å². The number of carbonyl (C=O) groups is 2. The summed E-state index contributed by atoms with van der Waals surface area (Å²) in [5.41, 5.74) is 1.82. The average Bonchev–Trinajstić information content (AvgIpc) is 2.77. The summed E-state index contributed by atoms with van der Waals surface area (Å²) in [4.78, 5) is 28.1. The van der Waals surface area contributed by atoms with Gasteiger partial charge in [-0.1, -0.05) is 18.5 Å². The van der Waals surface area contributed by atoms with Crippen molar-refractivity contribution in [1.82, 2.24) is 0 Å². The van der Waals surface area contributed by atoms with Crippen LogP contribution in [0.3, 0.4) is 0 Å². The third-order valence-corrected chi connectivity index (χ3v) is 5.74. The van der Waals surface area contributed by atoms with Crippen LogP contribution in [-0.2, 0) is 14.3 Å². The summed E-state index contributed by atoms with van der Waals surface area (Å²) in [7, 11) is 0. The second kappa shape index (κ2) is 11.2. The van der Waals surface area contributed by atoms with Crippen molar-refractivity contribution in [2.45, 2.75) is 18.2 Å². The molecule has 0 spiro atoms. The van der Waals surface area contributed by atoms with Gasteiger partial charge in [0.2, 0.25) is 5.91 Å². The van der Waals surface area contributed by atoms with E-state index in [2.05, 4.69) is 10.2 Å². The Morgan fingerprint density at radius 3 is 2.60 bits per heavy atom. The Hall–Kier alpha value is -2.22. The maximum absolute atomic E-state index is 12.6. The topological polar surface area (TPSA) is 67.9 Å². The molecule has 6 nitrogen and oxygen atoms in total. The summed E-state index contributed by atoms with van der Waals surface area (Å²) in [6.07, 6.45) is 0.747. The van der Waals surface area contributed by atoms with Gasteiger partial charge in [0, 0.05) is 28.7 Å². The highest BCUT2D eigenvalue weighted by Gasteiger charge is 2.21. The largest absolute Gasteiger partial charge is 0.462 e. The Bertz CT molecular complexity index is 870. The van der Waals surface area contributed by atoms with E-state index in [-0.39, 0.29) is 17.6 Å². The molecule has 0 bridgehead atoms. The van der Waals surface area contributed by atoms with Crippen molar-refractivity contribution in [3.05, 3.63) is 53.1 Å². The molecule has 0 saturated carbocycles. The second-order valence-electron chi connectivity index (χ2n) is 6.76. The lowest BCUT2D eigenvalue weighted by atomic mass is 10.1. The van der Waals surface area contributed by atoms with Crippen LogP contribution in [0.5, 0.6) is 0 Å². The zero-order valence-electron chi connectivity index (χ0n) is 16.9. The number of anilines is 2. The van der Waals surface area contributed by atoms with Crippen LogP contribution in [0.1, 0.15) is 23.7 Å². The number of benzene rings is 2. The third-order valence-electron chi connectivity index (χ3n) is 4.47. The van der Waals surface area contributed by atoms with Crippen LogP contribution >= 0.6 is 23.4 Å². The highest BCUT2D eigenvalue weighted by molar-refractivity contribution is 8.00. The van der Waals surface area contributed by atoms with Gasteiger partial charge in [-0.25, -0.2) is 4.79 Å². The number of morpholine rings is 1. The van der Waals surface area contributed by atoms with E-state index in [1.54, 1.807) is 18.2 Å². The molecule has 160 valence electrons. The molecule has 0 atom stereocenters. The number of thioether (sulfide) groups is 1. The van der Waals surface area contributed by atoms with Crippen molar-refractivity contribution < 1.29 is 19.1 Å². The number of rotatable bonds is 8. The molecule has 3 rings (SSSR count). The van der Waals surface area contributed by atoms with Crippen LogP contribution in [0.25, 0.3) is 0 Å². The first-order valence-corrected chi connectivity index (χ1v) is 11.2. The molecule has 0 radical (unpaired) electrons. The number of amides is 1. The van der Waals surface area contributed by atoms with Crippen LogP contribution in [0.15, 0.2) is 47.4 Å². The molecule has 30 heavy (non-hydrogen) atoms. The minimum atomic E-state index is -0.384. The molecular weight excluding hydrogens is 424 g/mol. The van der Waals surface area contributed by atoms with E-state index in [0.717, 1.165) is 17.0 Å². The van der Waals surface area contributed by atoms with Crippen LogP contribution in [0, 0.1) is 0 Å². The predicted octanol–water partition coefficient (Wildman–Crippen LogP) is 4.47. The number of carbonyl (C=O) groups excluding carboxylic acids is 2. The van der Waals surface area contributed by atoms with Gasteiger partial charge in [0.1, 0.15) is 0 Å². The summed E-state index contributed by atoms with van der Waals surface area (Å²) in [5, 5.41) is 3.53. The second-order valence-corrected chi connectivity index (χ2v) is 8.24. The van der Waals surface area contributed by atoms with Crippen molar-refractivity contribution in [1.29, 1.82) is 0 Å². The molecule has 1 fully saturated rings. The summed E-state index contributed by atoms with van der Waals surface area (Å²) in [6.45, 7) is 4.95. The van der Waals surface area contributed by atoms with Gasteiger partial charge in [-0.3, -0.25) is 4.79 Å². The Balaban J connectivity index is 1.69. The van der Waals surface area contributed by atoms with Crippen molar-refractivity contribution in [3.8, 4) is 0 Å². The molecule has 1 N–H and O–H groups in total. The Morgan fingerprint density at radius 2 is 1.90 bits per heavy atom. The van der Waals surface area contributed by atoms with Gasteiger partial charge in [0.05, 0.1) is 36.8 Å². The summed E-state index contributed by atoms with van der Waals surface area (Å²) in [5.74, 6) is -0.283. The number of nitrogens with one attached hydrogen (secondary N) is 1. The Labute approximate surface area is 185 Å². The van der Waals surface area contributed by atoms with E-state index in [9.17, 15) is 9.59 Å². The molecule has 0 unspecified atom stereocenters. The van der Waals surface area contributed by atoms with Crippen molar-refractivity contribution in [3.63, 3.8) is 0 Å². The van der Waals surface area contributed by atoms with Gasteiger partial charge >= 0.3 is 5.97 Å². The Kier molecular flexibility index (Phi) is 8.42. The zero-order valence-corrected chi connectivity index (χ0v) is 18.4. The molecule has 0 aliphatic carbocycles. The number of hydrogen-bond acceptors (Lipinski definition) is 6. The molecule has 1 amide bonds. The minimum absolute atomic E-state index is 0.151. The number of ether oxygens (including phenoxy) is 2. The molecule has 1 heterocycles. The van der Waals surface area contributed by atoms with Gasteiger partial charge in [-0.2, -0.15) is 0 Å². The molecule has 0 aromatic heterocycles. The summed E-state index contributed by atoms with van der Waals surface area (Å²) in [6, 6.07) is 12.7. The van der Waals surface area contributed by atoms with E-state index < -0.39 is 0 Å². The van der Waals surface area contributed by atoms with Crippen LogP contribution < -0.4 is 10.2 Å². The fourth-order valence-corrected chi connectivity index (χ4v) is 3.83. The molecule has 2 aromatic rings. The molecule has 1 aliphatic heterocycles. The minimum Gasteiger partial charge on any atom is -0.462 e. The average molecular weight is 449 g/mol. The summed E-state index contributed by atoms with van der Waals surface area (Å²) < 4.78 is 10.8. The lowest BCUT2D eigenvalue weighted by Crippen LogP contribution is -2.37. The predicted molar refractivity (Wildman–Crippen MR) is 121 cm³/mol.